The molecule has 1 aromatic carbocycles. The van der Waals surface area contributed by atoms with Crippen molar-refractivity contribution < 1.29 is 14.6 Å². The Labute approximate surface area is 101 Å². The molecular formula is C13H17NO3. The van der Waals surface area contributed by atoms with E-state index in [1.807, 2.05) is 29.2 Å². The van der Waals surface area contributed by atoms with Gasteiger partial charge in [-0.3, -0.25) is 9.69 Å². The van der Waals surface area contributed by atoms with Gasteiger partial charge in [-0.15, -0.1) is 0 Å². The summed E-state index contributed by atoms with van der Waals surface area (Å²) in [5, 5.41) is 9.08. The number of likely N-dealkylation sites (tertiary alicyclic amines) is 1. The lowest BCUT2D eigenvalue weighted by molar-refractivity contribution is -0.142. The molecule has 1 aliphatic rings. The zero-order chi connectivity index (χ0) is 12.3. The van der Waals surface area contributed by atoms with E-state index in [4.69, 9.17) is 9.84 Å². The van der Waals surface area contributed by atoms with Crippen molar-refractivity contribution in [2.75, 3.05) is 13.7 Å². The maximum Gasteiger partial charge on any atom is 0.320 e. The minimum atomic E-state index is -0.712. The van der Waals surface area contributed by atoms with Gasteiger partial charge in [0.15, 0.2) is 0 Å². The third kappa shape index (κ3) is 2.77. The lowest BCUT2D eigenvalue weighted by Gasteiger charge is -2.20. The maximum absolute atomic E-state index is 11.0. The first-order valence-corrected chi connectivity index (χ1v) is 5.80. The van der Waals surface area contributed by atoms with Crippen LogP contribution in [0.25, 0.3) is 0 Å². The smallest absolute Gasteiger partial charge is 0.320 e. The van der Waals surface area contributed by atoms with Gasteiger partial charge >= 0.3 is 5.97 Å². The molecule has 0 saturated carbocycles. The van der Waals surface area contributed by atoms with E-state index in [-0.39, 0.29) is 6.04 Å². The van der Waals surface area contributed by atoms with Crippen LogP contribution in [0.3, 0.4) is 0 Å². The minimum Gasteiger partial charge on any atom is -0.497 e. The maximum atomic E-state index is 11.0. The van der Waals surface area contributed by atoms with Crippen molar-refractivity contribution in [3.63, 3.8) is 0 Å². The van der Waals surface area contributed by atoms with Crippen LogP contribution in [-0.4, -0.2) is 35.7 Å². The number of benzene rings is 1. The Morgan fingerprint density at radius 2 is 2.18 bits per heavy atom. The Morgan fingerprint density at radius 1 is 1.47 bits per heavy atom. The molecule has 1 N–H and O–H groups in total. The first-order valence-electron chi connectivity index (χ1n) is 5.80. The third-order valence-corrected chi connectivity index (χ3v) is 3.19. The average molecular weight is 235 g/mol. The summed E-state index contributed by atoms with van der Waals surface area (Å²) >= 11 is 0. The average Bonchev–Trinajstić information content (AvgIpc) is 2.78. The van der Waals surface area contributed by atoms with Gasteiger partial charge in [0.1, 0.15) is 11.8 Å². The van der Waals surface area contributed by atoms with Crippen LogP contribution < -0.4 is 4.74 Å². The number of hydrogen-bond donors (Lipinski definition) is 1. The van der Waals surface area contributed by atoms with Crippen molar-refractivity contribution >= 4 is 5.97 Å². The van der Waals surface area contributed by atoms with Gasteiger partial charge in [-0.05, 0) is 37.1 Å². The van der Waals surface area contributed by atoms with Crippen molar-refractivity contribution in [1.29, 1.82) is 0 Å². The van der Waals surface area contributed by atoms with Crippen LogP contribution >= 0.6 is 0 Å². The van der Waals surface area contributed by atoms with Gasteiger partial charge in [0.2, 0.25) is 0 Å². The summed E-state index contributed by atoms with van der Waals surface area (Å²) in [4.78, 5) is 13.1. The van der Waals surface area contributed by atoms with E-state index in [0.29, 0.717) is 6.54 Å². The zero-order valence-corrected chi connectivity index (χ0v) is 9.93. The molecule has 1 unspecified atom stereocenters. The predicted molar refractivity (Wildman–Crippen MR) is 64.1 cm³/mol. The molecule has 1 fully saturated rings. The van der Waals surface area contributed by atoms with E-state index < -0.39 is 5.97 Å². The highest BCUT2D eigenvalue weighted by Gasteiger charge is 2.30. The first kappa shape index (κ1) is 11.9. The Bertz CT molecular complexity index is 388. The highest BCUT2D eigenvalue weighted by Crippen LogP contribution is 2.21. The van der Waals surface area contributed by atoms with Crippen LogP contribution in [0.1, 0.15) is 18.4 Å². The summed E-state index contributed by atoms with van der Waals surface area (Å²) in [6.07, 6.45) is 1.72. The summed E-state index contributed by atoms with van der Waals surface area (Å²) in [5.41, 5.74) is 1.12. The fourth-order valence-corrected chi connectivity index (χ4v) is 2.26. The monoisotopic (exact) mass is 235 g/mol. The van der Waals surface area contributed by atoms with Gasteiger partial charge < -0.3 is 9.84 Å². The van der Waals surface area contributed by atoms with Crippen molar-refractivity contribution in [1.82, 2.24) is 4.90 Å². The lowest BCUT2D eigenvalue weighted by atomic mass is 10.2. The number of ether oxygens (including phenoxy) is 1. The SMILES string of the molecule is COc1ccc(CN2CCCC2C(=O)O)cc1. The van der Waals surface area contributed by atoms with E-state index in [0.717, 1.165) is 30.7 Å². The van der Waals surface area contributed by atoms with E-state index in [1.54, 1.807) is 7.11 Å². The molecule has 0 radical (unpaired) electrons. The van der Waals surface area contributed by atoms with Crippen molar-refractivity contribution in [3.8, 4) is 5.75 Å². The molecule has 1 saturated heterocycles. The molecule has 0 aromatic heterocycles. The van der Waals surface area contributed by atoms with Crippen molar-refractivity contribution in [2.24, 2.45) is 0 Å². The molecule has 1 heterocycles. The van der Waals surface area contributed by atoms with Crippen LogP contribution in [-0.2, 0) is 11.3 Å². The van der Waals surface area contributed by atoms with E-state index in [2.05, 4.69) is 0 Å². The molecule has 92 valence electrons. The molecule has 2 rings (SSSR count). The molecule has 1 atom stereocenters. The number of carboxylic acid groups (broad SMARTS) is 1. The largest absolute Gasteiger partial charge is 0.497 e. The molecule has 0 amide bonds. The van der Waals surface area contributed by atoms with Gasteiger partial charge in [0, 0.05) is 6.54 Å². The van der Waals surface area contributed by atoms with Gasteiger partial charge in [-0.25, -0.2) is 0 Å². The Balaban J connectivity index is 2.02. The highest BCUT2D eigenvalue weighted by atomic mass is 16.5. The van der Waals surface area contributed by atoms with Gasteiger partial charge in [-0.2, -0.15) is 0 Å². The summed E-state index contributed by atoms with van der Waals surface area (Å²) in [6.45, 7) is 1.56. The quantitative estimate of drug-likeness (QED) is 0.863. The van der Waals surface area contributed by atoms with E-state index in [9.17, 15) is 4.79 Å². The van der Waals surface area contributed by atoms with Crippen LogP contribution in [0.15, 0.2) is 24.3 Å². The van der Waals surface area contributed by atoms with Gasteiger partial charge in [-0.1, -0.05) is 12.1 Å². The standard InChI is InChI=1S/C13H17NO3/c1-17-11-6-4-10(5-7-11)9-14-8-2-3-12(14)13(15)16/h4-7,12H,2-3,8-9H2,1H3,(H,15,16). The second-order valence-electron chi connectivity index (χ2n) is 4.31. The van der Waals surface area contributed by atoms with Crippen molar-refractivity contribution in [3.05, 3.63) is 29.8 Å². The van der Waals surface area contributed by atoms with Crippen LogP contribution in [0.5, 0.6) is 5.75 Å². The number of aliphatic carboxylic acids is 1. The number of carboxylic acids is 1. The Morgan fingerprint density at radius 3 is 2.76 bits per heavy atom. The van der Waals surface area contributed by atoms with Gasteiger partial charge in [0.25, 0.3) is 0 Å². The topological polar surface area (TPSA) is 49.8 Å². The predicted octanol–water partition coefficient (Wildman–Crippen LogP) is 1.74. The molecule has 4 nitrogen and oxygen atoms in total. The number of rotatable bonds is 4. The second-order valence-corrected chi connectivity index (χ2v) is 4.31. The zero-order valence-electron chi connectivity index (χ0n) is 9.93. The van der Waals surface area contributed by atoms with E-state index >= 15 is 0 Å². The molecule has 1 aliphatic heterocycles. The number of methoxy groups -OCH3 is 1. The normalized spacial score (nSPS) is 20.4. The minimum absolute atomic E-state index is 0.322. The lowest BCUT2D eigenvalue weighted by Crippen LogP contribution is -2.35. The fraction of sp³-hybridized carbons (Fsp3) is 0.462. The molecule has 4 heteroatoms. The Kier molecular flexibility index (Phi) is 3.64. The summed E-state index contributed by atoms with van der Waals surface area (Å²) < 4.78 is 5.09. The Hall–Kier alpha value is -1.55. The van der Waals surface area contributed by atoms with Crippen LogP contribution in [0, 0.1) is 0 Å². The number of carbonyl (C=O) groups is 1. The number of nitrogens with zero attached hydrogens (tertiary/aromatic N) is 1. The number of hydrogen-bond acceptors (Lipinski definition) is 3. The third-order valence-electron chi connectivity index (χ3n) is 3.19. The first-order chi connectivity index (χ1) is 8.20. The van der Waals surface area contributed by atoms with E-state index in [1.165, 1.54) is 0 Å². The second kappa shape index (κ2) is 5.19. The summed E-state index contributed by atoms with van der Waals surface area (Å²) in [5.74, 6) is 0.112. The summed E-state index contributed by atoms with van der Waals surface area (Å²) in [6, 6.07) is 7.45. The molecular weight excluding hydrogens is 218 g/mol. The van der Waals surface area contributed by atoms with Crippen LogP contribution in [0.2, 0.25) is 0 Å². The molecule has 17 heavy (non-hydrogen) atoms. The fourth-order valence-electron chi connectivity index (χ4n) is 2.26. The summed E-state index contributed by atoms with van der Waals surface area (Å²) in [7, 11) is 1.63. The molecule has 0 bridgehead atoms. The molecule has 0 aliphatic carbocycles. The van der Waals surface area contributed by atoms with Crippen LogP contribution in [0.4, 0.5) is 0 Å². The van der Waals surface area contributed by atoms with Crippen molar-refractivity contribution in [2.45, 2.75) is 25.4 Å². The highest BCUT2D eigenvalue weighted by molar-refractivity contribution is 5.73. The molecule has 1 aromatic rings. The van der Waals surface area contributed by atoms with Gasteiger partial charge in [0.05, 0.1) is 7.11 Å². The molecule has 0 spiro atoms.